The van der Waals surface area contributed by atoms with Crippen molar-refractivity contribution in [1.82, 2.24) is 24.3 Å². The minimum absolute atomic E-state index is 0.164. The number of carbonyl (C=O) groups excluding carboxylic acids is 1. The predicted octanol–water partition coefficient (Wildman–Crippen LogP) is 2.53. The number of imidazole rings is 1. The van der Waals surface area contributed by atoms with Gasteiger partial charge in [0.2, 0.25) is 0 Å². The second-order valence-corrected chi connectivity index (χ2v) is 5.67. The molecule has 0 aliphatic carbocycles. The summed E-state index contributed by atoms with van der Waals surface area (Å²) in [7, 11) is 0. The topological polar surface area (TPSA) is 54.3 Å². The lowest BCUT2D eigenvalue weighted by atomic mass is 10.1. The molecule has 0 N–H and O–H groups in total. The molecule has 0 radical (unpaired) electrons. The van der Waals surface area contributed by atoms with Gasteiger partial charge in [0, 0.05) is 38.4 Å². The van der Waals surface area contributed by atoms with Crippen molar-refractivity contribution in [1.29, 1.82) is 0 Å². The first-order valence-electron chi connectivity index (χ1n) is 8.06. The summed E-state index contributed by atoms with van der Waals surface area (Å²) < 4.78 is 2.16. The lowest BCUT2D eigenvalue weighted by Gasteiger charge is -2.35. The summed E-state index contributed by atoms with van der Waals surface area (Å²) >= 11 is 0. The van der Waals surface area contributed by atoms with Crippen LogP contribution in [0.5, 0.6) is 0 Å². The molecule has 6 heteroatoms. The van der Waals surface area contributed by atoms with Gasteiger partial charge in [-0.25, -0.2) is 14.8 Å². The van der Waals surface area contributed by atoms with E-state index in [0.717, 1.165) is 50.2 Å². The first-order chi connectivity index (χ1) is 10.7. The largest absolute Gasteiger partial charge is 0.325 e. The molecule has 0 unspecified atom stereocenters. The van der Waals surface area contributed by atoms with Gasteiger partial charge in [0.25, 0.3) is 0 Å². The molecule has 1 saturated heterocycles. The number of aromatic nitrogens is 3. The molecular formula is C16H23N5O. The van der Waals surface area contributed by atoms with E-state index in [2.05, 4.69) is 14.5 Å². The molecule has 1 aliphatic rings. The van der Waals surface area contributed by atoms with Gasteiger partial charge >= 0.3 is 6.03 Å². The maximum Gasteiger partial charge on any atom is 0.319 e. The molecule has 118 valence electrons. The molecule has 0 spiro atoms. The third-order valence-corrected chi connectivity index (χ3v) is 4.49. The number of piperidine rings is 1. The molecular weight excluding hydrogens is 278 g/mol. The van der Waals surface area contributed by atoms with Crippen molar-refractivity contribution in [3.63, 3.8) is 0 Å². The maximum absolute atomic E-state index is 12.4. The Labute approximate surface area is 130 Å². The Balaban J connectivity index is 1.68. The third kappa shape index (κ3) is 2.65. The van der Waals surface area contributed by atoms with E-state index in [9.17, 15) is 4.79 Å². The van der Waals surface area contributed by atoms with Crippen LogP contribution in [-0.2, 0) is 0 Å². The molecule has 6 nitrogen and oxygen atoms in total. The molecule has 0 bridgehead atoms. The standard InChI is InChI=1S/C16H23N5O/c1-3-19(4-2)16(22)20-10-7-13(8-11-20)21-12-18-14-6-5-9-17-15(14)21/h5-6,9,12-13H,3-4,7-8,10-11H2,1-2H3. The molecule has 2 amide bonds. The van der Waals surface area contributed by atoms with Gasteiger partial charge in [-0.3, -0.25) is 0 Å². The van der Waals surface area contributed by atoms with E-state index in [0.29, 0.717) is 6.04 Å². The molecule has 0 aromatic carbocycles. The van der Waals surface area contributed by atoms with Crippen LogP contribution in [0.25, 0.3) is 11.2 Å². The Bertz CT molecular complexity index is 641. The fraction of sp³-hybridized carbons (Fsp3) is 0.562. The van der Waals surface area contributed by atoms with Gasteiger partial charge in [-0.15, -0.1) is 0 Å². The summed E-state index contributed by atoms with van der Waals surface area (Å²) in [6.07, 6.45) is 5.59. The molecule has 1 fully saturated rings. The van der Waals surface area contributed by atoms with Crippen molar-refractivity contribution in [2.45, 2.75) is 32.7 Å². The van der Waals surface area contributed by atoms with Crippen LogP contribution in [0.2, 0.25) is 0 Å². The lowest BCUT2D eigenvalue weighted by Crippen LogP contribution is -2.46. The van der Waals surface area contributed by atoms with Crippen molar-refractivity contribution < 1.29 is 4.79 Å². The first kappa shape index (κ1) is 14.8. The quantitative estimate of drug-likeness (QED) is 0.875. The highest BCUT2D eigenvalue weighted by Gasteiger charge is 2.26. The van der Waals surface area contributed by atoms with Crippen LogP contribution in [-0.4, -0.2) is 56.5 Å². The number of hydrogen-bond acceptors (Lipinski definition) is 3. The van der Waals surface area contributed by atoms with Crippen molar-refractivity contribution in [2.24, 2.45) is 0 Å². The average Bonchev–Trinajstić information content (AvgIpc) is 3.00. The minimum Gasteiger partial charge on any atom is -0.325 e. The number of urea groups is 1. The van der Waals surface area contributed by atoms with Gasteiger partial charge in [-0.2, -0.15) is 0 Å². The van der Waals surface area contributed by atoms with E-state index in [1.165, 1.54) is 0 Å². The van der Waals surface area contributed by atoms with E-state index < -0.39 is 0 Å². The Hall–Kier alpha value is -2.11. The van der Waals surface area contributed by atoms with Gasteiger partial charge in [-0.05, 0) is 38.8 Å². The van der Waals surface area contributed by atoms with E-state index >= 15 is 0 Å². The zero-order valence-electron chi connectivity index (χ0n) is 13.3. The predicted molar refractivity (Wildman–Crippen MR) is 85.7 cm³/mol. The normalized spacial score (nSPS) is 16.2. The van der Waals surface area contributed by atoms with Gasteiger partial charge in [0.15, 0.2) is 5.65 Å². The number of fused-ring (bicyclic) bond motifs is 1. The number of nitrogens with zero attached hydrogens (tertiary/aromatic N) is 5. The summed E-state index contributed by atoms with van der Waals surface area (Å²) in [5.41, 5.74) is 1.88. The monoisotopic (exact) mass is 301 g/mol. The van der Waals surface area contributed by atoms with Crippen molar-refractivity contribution >= 4 is 17.2 Å². The molecule has 22 heavy (non-hydrogen) atoms. The second-order valence-electron chi connectivity index (χ2n) is 5.67. The number of pyridine rings is 1. The van der Waals surface area contributed by atoms with Crippen LogP contribution in [0, 0.1) is 0 Å². The third-order valence-electron chi connectivity index (χ3n) is 4.49. The number of carbonyl (C=O) groups is 1. The first-order valence-corrected chi connectivity index (χ1v) is 8.06. The number of amides is 2. The van der Waals surface area contributed by atoms with Crippen molar-refractivity contribution in [2.75, 3.05) is 26.2 Å². The minimum atomic E-state index is 0.164. The van der Waals surface area contributed by atoms with Crippen LogP contribution in [0.3, 0.4) is 0 Å². The van der Waals surface area contributed by atoms with Crippen LogP contribution in [0.15, 0.2) is 24.7 Å². The highest BCUT2D eigenvalue weighted by Crippen LogP contribution is 2.26. The number of rotatable bonds is 3. The lowest BCUT2D eigenvalue weighted by molar-refractivity contribution is 0.137. The Morgan fingerprint density at radius 2 is 2.00 bits per heavy atom. The Morgan fingerprint density at radius 3 is 2.68 bits per heavy atom. The van der Waals surface area contributed by atoms with Crippen molar-refractivity contribution in [3.05, 3.63) is 24.7 Å². The van der Waals surface area contributed by atoms with E-state index in [1.807, 2.05) is 42.1 Å². The van der Waals surface area contributed by atoms with E-state index in [1.54, 1.807) is 6.20 Å². The van der Waals surface area contributed by atoms with E-state index in [4.69, 9.17) is 0 Å². The summed E-state index contributed by atoms with van der Waals surface area (Å²) in [5, 5.41) is 0. The highest BCUT2D eigenvalue weighted by atomic mass is 16.2. The zero-order valence-corrected chi connectivity index (χ0v) is 13.3. The molecule has 0 atom stereocenters. The average molecular weight is 301 g/mol. The number of likely N-dealkylation sites (tertiary alicyclic amines) is 1. The Kier molecular flexibility index (Phi) is 4.27. The maximum atomic E-state index is 12.4. The fourth-order valence-electron chi connectivity index (χ4n) is 3.16. The summed E-state index contributed by atoms with van der Waals surface area (Å²) in [4.78, 5) is 25.1. The highest BCUT2D eigenvalue weighted by molar-refractivity contribution is 5.74. The van der Waals surface area contributed by atoms with Gasteiger partial charge in [-0.1, -0.05) is 0 Å². The van der Waals surface area contributed by atoms with Crippen LogP contribution < -0.4 is 0 Å². The molecule has 2 aromatic heterocycles. The molecule has 2 aromatic rings. The summed E-state index contributed by atoms with van der Waals surface area (Å²) in [5.74, 6) is 0. The van der Waals surface area contributed by atoms with Gasteiger partial charge < -0.3 is 14.4 Å². The van der Waals surface area contributed by atoms with Gasteiger partial charge in [0.1, 0.15) is 5.52 Å². The van der Waals surface area contributed by atoms with Crippen LogP contribution in [0.4, 0.5) is 4.79 Å². The van der Waals surface area contributed by atoms with E-state index in [-0.39, 0.29) is 6.03 Å². The SMILES string of the molecule is CCN(CC)C(=O)N1CCC(n2cnc3cccnc32)CC1. The summed E-state index contributed by atoms with van der Waals surface area (Å²) in [6, 6.07) is 4.43. The van der Waals surface area contributed by atoms with Crippen molar-refractivity contribution in [3.8, 4) is 0 Å². The molecule has 3 rings (SSSR count). The molecule has 1 aliphatic heterocycles. The summed E-state index contributed by atoms with van der Waals surface area (Å²) in [6.45, 7) is 7.19. The fourth-order valence-corrected chi connectivity index (χ4v) is 3.16. The number of hydrogen-bond donors (Lipinski definition) is 0. The second kappa shape index (κ2) is 6.34. The molecule has 3 heterocycles. The Morgan fingerprint density at radius 1 is 1.27 bits per heavy atom. The molecule has 0 saturated carbocycles. The van der Waals surface area contributed by atoms with Crippen LogP contribution in [0.1, 0.15) is 32.7 Å². The van der Waals surface area contributed by atoms with Crippen LogP contribution >= 0.6 is 0 Å². The smallest absolute Gasteiger partial charge is 0.319 e. The van der Waals surface area contributed by atoms with Gasteiger partial charge in [0.05, 0.1) is 6.33 Å². The zero-order chi connectivity index (χ0) is 15.5.